The molecule has 32 heavy (non-hydrogen) atoms. The normalized spacial score (nSPS) is 10.9. The molecular weight excluding hydrogens is 425 g/mol. The molecule has 9 heteroatoms. The SMILES string of the molecule is COc1ccc(NC(C)=O)cc1NC(=O)c1cccc(Oc2cccc(C(F)(F)F)c2)c1. The molecular formula is C23H19F3N2O4. The Kier molecular flexibility index (Phi) is 6.67. The standard InChI is InChI=1S/C23H19F3N2O4/c1-14(29)27-17-9-10-21(31-2)20(13-17)28-22(30)15-5-3-7-18(11-15)32-19-8-4-6-16(12-19)23(24,25)26/h3-13H,1-2H3,(H,27,29)(H,28,30). The van der Waals surface area contributed by atoms with E-state index in [2.05, 4.69) is 10.6 Å². The molecule has 6 nitrogen and oxygen atoms in total. The van der Waals surface area contributed by atoms with Crippen molar-refractivity contribution in [3.8, 4) is 17.2 Å². The highest BCUT2D eigenvalue weighted by molar-refractivity contribution is 6.05. The fourth-order valence-electron chi connectivity index (χ4n) is 2.85. The van der Waals surface area contributed by atoms with Crippen LogP contribution in [0.1, 0.15) is 22.8 Å². The summed E-state index contributed by atoms with van der Waals surface area (Å²) in [6, 6.07) is 15.2. The van der Waals surface area contributed by atoms with Crippen molar-refractivity contribution in [2.24, 2.45) is 0 Å². The first-order chi connectivity index (χ1) is 15.2. The summed E-state index contributed by atoms with van der Waals surface area (Å²) in [4.78, 5) is 24.0. The lowest BCUT2D eigenvalue weighted by atomic mass is 10.1. The van der Waals surface area contributed by atoms with Crippen LogP contribution >= 0.6 is 0 Å². The van der Waals surface area contributed by atoms with Crippen LogP contribution in [0.5, 0.6) is 17.2 Å². The van der Waals surface area contributed by atoms with Crippen molar-refractivity contribution in [1.29, 1.82) is 0 Å². The van der Waals surface area contributed by atoms with Crippen LogP contribution in [0.25, 0.3) is 0 Å². The Morgan fingerprint density at radius 2 is 1.56 bits per heavy atom. The molecule has 0 bridgehead atoms. The van der Waals surface area contributed by atoms with Gasteiger partial charge in [0, 0.05) is 18.2 Å². The van der Waals surface area contributed by atoms with Gasteiger partial charge in [-0.2, -0.15) is 13.2 Å². The molecule has 2 amide bonds. The van der Waals surface area contributed by atoms with Gasteiger partial charge >= 0.3 is 6.18 Å². The number of ether oxygens (including phenoxy) is 2. The van der Waals surface area contributed by atoms with Crippen molar-refractivity contribution in [1.82, 2.24) is 0 Å². The summed E-state index contributed by atoms with van der Waals surface area (Å²) in [5, 5.41) is 5.31. The molecule has 0 aliphatic heterocycles. The number of methoxy groups -OCH3 is 1. The van der Waals surface area contributed by atoms with Gasteiger partial charge in [-0.05, 0) is 54.6 Å². The molecule has 0 saturated heterocycles. The van der Waals surface area contributed by atoms with Gasteiger partial charge in [0.05, 0.1) is 18.4 Å². The van der Waals surface area contributed by atoms with Gasteiger partial charge in [-0.3, -0.25) is 9.59 Å². The van der Waals surface area contributed by atoms with Crippen molar-refractivity contribution >= 4 is 23.2 Å². The Morgan fingerprint density at radius 3 is 2.22 bits per heavy atom. The third kappa shape index (κ3) is 5.78. The second kappa shape index (κ2) is 9.42. The summed E-state index contributed by atoms with van der Waals surface area (Å²) in [5.41, 5.74) is 0.166. The number of anilines is 2. The maximum Gasteiger partial charge on any atom is 0.416 e. The fraction of sp³-hybridized carbons (Fsp3) is 0.130. The molecule has 0 atom stereocenters. The first-order valence-corrected chi connectivity index (χ1v) is 9.38. The van der Waals surface area contributed by atoms with Gasteiger partial charge in [-0.15, -0.1) is 0 Å². The number of hydrogen-bond donors (Lipinski definition) is 2. The summed E-state index contributed by atoms with van der Waals surface area (Å²) >= 11 is 0. The lowest BCUT2D eigenvalue weighted by Gasteiger charge is -2.13. The fourth-order valence-corrected chi connectivity index (χ4v) is 2.85. The Bertz CT molecular complexity index is 1150. The molecule has 0 fully saturated rings. The van der Waals surface area contributed by atoms with Gasteiger partial charge in [0.25, 0.3) is 5.91 Å². The maximum absolute atomic E-state index is 12.9. The molecule has 2 N–H and O–H groups in total. The highest BCUT2D eigenvalue weighted by atomic mass is 19.4. The van der Waals surface area contributed by atoms with E-state index in [1.54, 1.807) is 24.3 Å². The van der Waals surface area contributed by atoms with Crippen LogP contribution in [0, 0.1) is 0 Å². The molecule has 3 rings (SSSR count). The maximum atomic E-state index is 12.9. The van der Waals surface area contributed by atoms with Crippen LogP contribution in [0.15, 0.2) is 66.7 Å². The number of benzene rings is 3. The Balaban J connectivity index is 1.80. The highest BCUT2D eigenvalue weighted by Gasteiger charge is 2.30. The number of nitrogens with one attached hydrogen (secondary N) is 2. The zero-order valence-electron chi connectivity index (χ0n) is 17.1. The summed E-state index contributed by atoms with van der Waals surface area (Å²) in [6.45, 7) is 1.36. The second-order valence-electron chi connectivity index (χ2n) is 6.71. The number of halogens is 3. The van der Waals surface area contributed by atoms with E-state index in [0.29, 0.717) is 17.1 Å². The average molecular weight is 444 g/mol. The minimum absolute atomic E-state index is 0.0120. The lowest BCUT2D eigenvalue weighted by Crippen LogP contribution is -2.13. The van der Waals surface area contributed by atoms with Gasteiger partial charge in [0.2, 0.25) is 5.91 Å². The van der Waals surface area contributed by atoms with Gasteiger partial charge in [-0.25, -0.2) is 0 Å². The molecule has 0 unspecified atom stereocenters. The third-order valence-electron chi connectivity index (χ3n) is 4.26. The molecule has 0 radical (unpaired) electrons. The van der Waals surface area contributed by atoms with Gasteiger partial charge < -0.3 is 20.1 Å². The highest BCUT2D eigenvalue weighted by Crippen LogP contribution is 2.33. The molecule has 0 aliphatic rings. The predicted molar refractivity (Wildman–Crippen MR) is 113 cm³/mol. The second-order valence-corrected chi connectivity index (χ2v) is 6.71. The lowest BCUT2D eigenvalue weighted by molar-refractivity contribution is -0.137. The number of alkyl halides is 3. The number of hydrogen-bond acceptors (Lipinski definition) is 4. The van der Waals surface area contributed by atoms with Crippen LogP contribution in [0.3, 0.4) is 0 Å². The molecule has 3 aromatic carbocycles. The Hall–Kier alpha value is -4.01. The minimum atomic E-state index is -4.49. The van der Waals surface area contributed by atoms with Gasteiger partial charge in [-0.1, -0.05) is 12.1 Å². The smallest absolute Gasteiger partial charge is 0.416 e. The predicted octanol–water partition coefficient (Wildman–Crippen LogP) is 5.72. The van der Waals surface area contributed by atoms with Crippen LogP contribution in [0.4, 0.5) is 24.5 Å². The van der Waals surface area contributed by atoms with E-state index in [0.717, 1.165) is 12.1 Å². The van der Waals surface area contributed by atoms with Crippen LogP contribution < -0.4 is 20.1 Å². The van der Waals surface area contributed by atoms with E-state index in [4.69, 9.17) is 9.47 Å². The number of carbonyl (C=O) groups excluding carboxylic acids is 2. The van der Waals surface area contributed by atoms with Crippen molar-refractivity contribution in [3.05, 3.63) is 77.9 Å². The van der Waals surface area contributed by atoms with E-state index in [1.807, 2.05) is 0 Å². The number of rotatable bonds is 6. The van der Waals surface area contributed by atoms with Crippen LogP contribution in [0.2, 0.25) is 0 Å². The number of amides is 2. The monoisotopic (exact) mass is 444 g/mol. The summed E-state index contributed by atoms with van der Waals surface area (Å²) in [6.07, 6.45) is -4.49. The quantitative estimate of drug-likeness (QED) is 0.510. The minimum Gasteiger partial charge on any atom is -0.495 e. The average Bonchev–Trinajstić information content (AvgIpc) is 2.73. The van der Waals surface area contributed by atoms with Crippen molar-refractivity contribution in [3.63, 3.8) is 0 Å². The summed E-state index contributed by atoms with van der Waals surface area (Å²) in [5.74, 6) is -0.216. The van der Waals surface area contributed by atoms with Crippen LogP contribution in [-0.2, 0) is 11.0 Å². The topological polar surface area (TPSA) is 76.7 Å². The van der Waals surface area contributed by atoms with E-state index < -0.39 is 17.6 Å². The zero-order valence-corrected chi connectivity index (χ0v) is 17.1. The molecule has 166 valence electrons. The van der Waals surface area contributed by atoms with E-state index in [9.17, 15) is 22.8 Å². The Morgan fingerprint density at radius 1 is 0.875 bits per heavy atom. The van der Waals surface area contributed by atoms with Crippen molar-refractivity contribution in [2.75, 3.05) is 17.7 Å². The van der Waals surface area contributed by atoms with Gasteiger partial charge in [0.1, 0.15) is 17.2 Å². The van der Waals surface area contributed by atoms with Crippen molar-refractivity contribution < 1.29 is 32.2 Å². The Labute approximate surface area is 182 Å². The number of carbonyl (C=O) groups is 2. The van der Waals surface area contributed by atoms with E-state index in [-0.39, 0.29) is 23.0 Å². The molecule has 0 heterocycles. The largest absolute Gasteiger partial charge is 0.495 e. The van der Waals surface area contributed by atoms with E-state index >= 15 is 0 Å². The molecule has 3 aromatic rings. The third-order valence-corrected chi connectivity index (χ3v) is 4.26. The molecule has 0 aliphatic carbocycles. The molecule has 0 aromatic heterocycles. The van der Waals surface area contributed by atoms with E-state index in [1.165, 1.54) is 44.4 Å². The zero-order chi connectivity index (χ0) is 23.3. The first kappa shape index (κ1) is 22.7. The summed E-state index contributed by atoms with van der Waals surface area (Å²) in [7, 11) is 1.44. The molecule has 0 spiro atoms. The van der Waals surface area contributed by atoms with Gasteiger partial charge in [0.15, 0.2) is 0 Å². The summed E-state index contributed by atoms with van der Waals surface area (Å²) < 4.78 is 49.5. The first-order valence-electron chi connectivity index (χ1n) is 9.38. The molecule has 0 saturated carbocycles. The van der Waals surface area contributed by atoms with Crippen molar-refractivity contribution in [2.45, 2.75) is 13.1 Å². The van der Waals surface area contributed by atoms with Crippen LogP contribution in [-0.4, -0.2) is 18.9 Å².